The lowest BCUT2D eigenvalue weighted by Crippen LogP contribution is -2.36. The number of amides is 2. The molecule has 1 aromatic heterocycles. The van der Waals surface area contributed by atoms with Crippen LogP contribution in [0.25, 0.3) is 0 Å². The van der Waals surface area contributed by atoms with Crippen molar-refractivity contribution in [3.63, 3.8) is 0 Å². The van der Waals surface area contributed by atoms with Crippen molar-refractivity contribution in [3.05, 3.63) is 11.7 Å². The third-order valence-corrected chi connectivity index (χ3v) is 2.90. The van der Waals surface area contributed by atoms with Crippen LogP contribution >= 0.6 is 0 Å². The Labute approximate surface area is 110 Å². The number of nitrogens with one attached hydrogen (secondary N) is 2. The lowest BCUT2D eigenvalue weighted by molar-refractivity contribution is -0.127. The van der Waals surface area contributed by atoms with Crippen LogP contribution in [0, 0.1) is 0 Å². The normalized spacial score (nSPS) is 18.3. The minimum Gasteiger partial charge on any atom is -0.347 e. The Hall–Kier alpha value is -1.96. The molecule has 2 N–H and O–H groups in total. The Bertz CT molecular complexity index is 465. The Morgan fingerprint density at radius 2 is 2.32 bits per heavy atom. The first-order valence-corrected chi connectivity index (χ1v) is 6.13. The SMILES string of the molecule is CN(C)C(=O)CNC(=O)c1noc(C2CCCN2)n1. The van der Waals surface area contributed by atoms with Gasteiger partial charge < -0.3 is 20.1 Å². The van der Waals surface area contributed by atoms with E-state index < -0.39 is 5.91 Å². The zero-order valence-corrected chi connectivity index (χ0v) is 11.0. The molecule has 8 nitrogen and oxygen atoms in total. The molecule has 0 radical (unpaired) electrons. The Balaban J connectivity index is 1.90. The fraction of sp³-hybridized carbons (Fsp3) is 0.636. The lowest BCUT2D eigenvalue weighted by Gasteiger charge is -2.09. The van der Waals surface area contributed by atoms with E-state index in [1.165, 1.54) is 4.90 Å². The van der Waals surface area contributed by atoms with E-state index in [9.17, 15) is 9.59 Å². The quantitative estimate of drug-likeness (QED) is 0.749. The third kappa shape index (κ3) is 3.28. The maximum Gasteiger partial charge on any atom is 0.293 e. The highest BCUT2D eigenvalue weighted by atomic mass is 16.5. The fourth-order valence-electron chi connectivity index (χ4n) is 1.76. The van der Waals surface area contributed by atoms with Crippen LogP contribution < -0.4 is 10.6 Å². The van der Waals surface area contributed by atoms with E-state index in [1.54, 1.807) is 14.1 Å². The molecule has 104 valence electrons. The van der Waals surface area contributed by atoms with Gasteiger partial charge >= 0.3 is 0 Å². The number of hydrogen-bond donors (Lipinski definition) is 2. The predicted molar refractivity (Wildman–Crippen MR) is 65.3 cm³/mol. The molecule has 1 aliphatic rings. The van der Waals surface area contributed by atoms with Gasteiger partial charge in [-0.05, 0) is 19.4 Å². The Morgan fingerprint density at radius 3 is 2.95 bits per heavy atom. The highest BCUT2D eigenvalue weighted by Crippen LogP contribution is 2.20. The number of carbonyl (C=O) groups excluding carboxylic acids is 2. The zero-order chi connectivity index (χ0) is 13.8. The van der Waals surface area contributed by atoms with Gasteiger partial charge in [-0.25, -0.2) is 0 Å². The summed E-state index contributed by atoms with van der Waals surface area (Å²) in [6.07, 6.45) is 1.97. The Kier molecular flexibility index (Phi) is 4.10. The van der Waals surface area contributed by atoms with E-state index in [0.717, 1.165) is 19.4 Å². The van der Waals surface area contributed by atoms with Crippen molar-refractivity contribution < 1.29 is 14.1 Å². The molecule has 2 heterocycles. The van der Waals surface area contributed by atoms with Crippen molar-refractivity contribution in [2.24, 2.45) is 0 Å². The zero-order valence-electron chi connectivity index (χ0n) is 11.0. The molecule has 1 atom stereocenters. The second-order valence-electron chi connectivity index (χ2n) is 4.58. The summed E-state index contributed by atoms with van der Waals surface area (Å²) in [6.45, 7) is 0.823. The molecule has 2 amide bonds. The number of carbonyl (C=O) groups is 2. The van der Waals surface area contributed by atoms with Crippen molar-refractivity contribution in [1.29, 1.82) is 0 Å². The Morgan fingerprint density at radius 1 is 1.53 bits per heavy atom. The van der Waals surface area contributed by atoms with Gasteiger partial charge in [0.15, 0.2) is 0 Å². The first-order chi connectivity index (χ1) is 9.08. The van der Waals surface area contributed by atoms with Gasteiger partial charge in [-0.2, -0.15) is 4.98 Å². The molecule has 0 aliphatic carbocycles. The maximum absolute atomic E-state index is 11.7. The van der Waals surface area contributed by atoms with Crippen LogP contribution in [0.2, 0.25) is 0 Å². The van der Waals surface area contributed by atoms with Crippen molar-refractivity contribution in [2.45, 2.75) is 18.9 Å². The molecule has 1 saturated heterocycles. The van der Waals surface area contributed by atoms with Crippen LogP contribution in [0.15, 0.2) is 4.52 Å². The van der Waals surface area contributed by atoms with Gasteiger partial charge in [0.05, 0.1) is 12.6 Å². The van der Waals surface area contributed by atoms with Crippen LogP contribution in [-0.2, 0) is 4.79 Å². The number of aromatic nitrogens is 2. The summed E-state index contributed by atoms with van der Waals surface area (Å²) in [5.41, 5.74) is 0. The number of hydrogen-bond acceptors (Lipinski definition) is 6. The smallest absolute Gasteiger partial charge is 0.293 e. The van der Waals surface area contributed by atoms with E-state index >= 15 is 0 Å². The van der Waals surface area contributed by atoms with E-state index in [1.807, 2.05) is 0 Å². The maximum atomic E-state index is 11.7. The first kappa shape index (κ1) is 13.5. The van der Waals surface area contributed by atoms with Gasteiger partial charge in [-0.1, -0.05) is 5.16 Å². The second-order valence-corrected chi connectivity index (χ2v) is 4.58. The van der Waals surface area contributed by atoms with Gasteiger partial charge in [-0.15, -0.1) is 0 Å². The summed E-state index contributed by atoms with van der Waals surface area (Å²) in [5, 5.41) is 9.27. The summed E-state index contributed by atoms with van der Waals surface area (Å²) in [4.78, 5) is 28.5. The molecule has 1 aliphatic heterocycles. The molecule has 8 heteroatoms. The minimum absolute atomic E-state index is 0.0254. The van der Waals surface area contributed by atoms with Crippen LogP contribution in [0.5, 0.6) is 0 Å². The summed E-state index contributed by atoms with van der Waals surface area (Å²) in [6, 6.07) is 0.0254. The largest absolute Gasteiger partial charge is 0.347 e. The molecular formula is C11H17N5O3. The first-order valence-electron chi connectivity index (χ1n) is 6.13. The van der Waals surface area contributed by atoms with E-state index in [0.29, 0.717) is 5.89 Å². The van der Waals surface area contributed by atoms with Gasteiger partial charge in [0.2, 0.25) is 11.8 Å². The topological polar surface area (TPSA) is 100 Å². The highest BCUT2D eigenvalue weighted by Gasteiger charge is 2.24. The predicted octanol–water partition coefficient (Wildman–Crippen LogP) is -0.688. The highest BCUT2D eigenvalue weighted by molar-refractivity contribution is 5.93. The van der Waals surface area contributed by atoms with Crippen LogP contribution in [0.1, 0.15) is 35.4 Å². The summed E-state index contributed by atoms with van der Waals surface area (Å²) >= 11 is 0. The molecule has 1 fully saturated rings. The molecule has 2 rings (SSSR count). The van der Waals surface area contributed by atoms with Gasteiger partial charge in [0, 0.05) is 14.1 Å². The molecule has 0 saturated carbocycles. The van der Waals surface area contributed by atoms with E-state index in [4.69, 9.17) is 4.52 Å². The van der Waals surface area contributed by atoms with Crippen molar-refractivity contribution in [2.75, 3.05) is 27.2 Å². The average molecular weight is 267 g/mol. The fourth-order valence-corrected chi connectivity index (χ4v) is 1.76. The second kappa shape index (κ2) is 5.79. The molecule has 0 spiro atoms. The summed E-state index contributed by atoms with van der Waals surface area (Å²) in [5.74, 6) is -0.338. The summed E-state index contributed by atoms with van der Waals surface area (Å²) < 4.78 is 5.04. The summed E-state index contributed by atoms with van der Waals surface area (Å²) in [7, 11) is 3.24. The van der Waals surface area contributed by atoms with Crippen LogP contribution in [0.3, 0.4) is 0 Å². The van der Waals surface area contributed by atoms with Gasteiger partial charge in [0.1, 0.15) is 0 Å². The van der Waals surface area contributed by atoms with Gasteiger partial charge in [0.25, 0.3) is 11.7 Å². The van der Waals surface area contributed by atoms with Crippen molar-refractivity contribution in [3.8, 4) is 0 Å². The average Bonchev–Trinajstić information content (AvgIpc) is 3.04. The number of nitrogens with zero attached hydrogens (tertiary/aromatic N) is 3. The van der Waals surface area contributed by atoms with Crippen molar-refractivity contribution >= 4 is 11.8 Å². The van der Waals surface area contributed by atoms with E-state index in [2.05, 4.69) is 20.8 Å². The number of likely N-dealkylation sites (N-methyl/N-ethyl adjacent to an activating group) is 1. The standard InChI is InChI=1S/C11H17N5O3/c1-16(2)8(17)6-13-10(18)9-14-11(19-15-9)7-4-3-5-12-7/h7,12H,3-6H2,1-2H3,(H,13,18). The monoisotopic (exact) mass is 267 g/mol. The number of rotatable bonds is 4. The van der Waals surface area contributed by atoms with Gasteiger partial charge in [-0.3, -0.25) is 9.59 Å². The van der Waals surface area contributed by atoms with Crippen LogP contribution in [0.4, 0.5) is 0 Å². The third-order valence-electron chi connectivity index (χ3n) is 2.90. The molecule has 19 heavy (non-hydrogen) atoms. The molecule has 1 unspecified atom stereocenters. The lowest BCUT2D eigenvalue weighted by atomic mass is 10.2. The van der Waals surface area contributed by atoms with E-state index in [-0.39, 0.29) is 24.3 Å². The molecule has 0 aromatic carbocycles. The minimum atomic E-state index is -0.511. The molecular weight excluding hydrogens is 250 g/mol. The van der Waals surface area contributed by atoms with Crippen molar-refractivity contribution in [1.82, 2.24) is 25.7 Å². The molecule has 1 aromatic rings. The molecule has 0 bridgehead atoms. The van der Waals surface area contributed by atoms with Crippen LogP contribution in [-0.4, -0.2) is 54.0 Å².